The number of nitrogens with one attached hydrogen (secondary N) is 1. The van der Waals surface area contributed by atoms with Crippen LogP contribution in [-0.2, 0) is 21.2 Å². The molecule has 0 saturated carbocycles. The predicted octanol–water partition coefficient (Wildman–Crippen LogP) is 1.37. The van der Waals surface area contributed by atoms with Crippen molar-refractivity contribution in [2.75, 3.05) is 44.9 Å². The summed E-state index contributed by atoms with van der Waals surface area (Å²) < 4.78 is 29.4. The van der Waals surface area contributed by atoms with E-state index in [1.807, 2.05) is 17.9 Å². The molecule has 0 unspecified atom stereocenters. The molecule has 0 aliphatic carbocycles. The summed E-state index contributed by atoms with van der Waals surface area (Å²) in [5, 5.41) is 4.26. The minimum atomic E-state index is -3.17. The molecule has 1 aromatic rings. The number of thiocarbonyl (C=S) groups is 1. The summed E-state index contributed by atoms with van der Waals surface area (Å²) in [6.45, 7) is 3.83. The molecular formula is C14H21N3O4S3. The summed E-state index contributed by atoms with van der Waals surface area (Å²) in [4.78, 5) is 14.9. The predicted molar refractivity (Wildman–Crippen MR) is 99.2 cm³/mol. The summed E-state index contributed by atoms with van der Waals surface area (Å²) in [7, 11) is -1.83. The summed E-state index contributed by atoms with van der Waals surface area (Å²) in [6, 6.07) is 1.81. The number of ether oxygens (including phenoxy) is 1. The van der Waals surface area contributed by atoms with Gasteiger partial charge in [0.1, 0.15) is 5.00 Å². The van der Waals surface area contributed by atoms with Crippen LogP contribution >= 0.6 is 23.6 Å². The molecule has 0 spiro atoms. The topological polar surface area (TPSA) is 79.0 Å². The molecule has 2 rings (SSSR count). The van der Waals surface area contributed by atoms with Gasteiger partial charge in [0.25, 0.3) is 0 Å². The van der Waals surface area contributed by atoms with E-state index in [-0.39, 0.29) is 0 Å². The van der Waals surface area contributed by atoms with Gasteiger partial charge < -0.3 is 15.0 Å². The van der Waals surface area contributed by atoms with Crippen molar-refractivity contribution < 1.29 is 17.9 Å². The molecule has 1 saturated heterocycles. The third kappa shape index (κ3) is 4.44. The Kier molecular flexibility index (Phi) is 6.18. The molecular weight excluding hydrogens is 370 g/mol. The number of hydrogen-bond acceptors (Lipinski definition) is 6. The van der Waals surface area contributed by atoms with Gasteiger partial charge in [0.2, 0.25) is 10.0 Å². The number of nitrogens with zero attached hydrogens (tertiary/aromatic N) is 2. The zero-order chi connectivity index (χ0) is 17.9. The van der Waals surface area contributed by atoms with Crippen LogP contribution in [0.5, 0.6) is 0 Å². The number of esters is 1. The Morgan fingerprint density at radius 3 is 2.50 bits per heavy atom. The molecule has 0 atom stereocenters. The molecule has 1 N–H and O–H groups in total. The highest BCUT2D eigenvalue weighted by Crippen LogP contribution is 2.29. The van der Waals surface area contributed by atoms with Crippen LogP contribution in [0, 0.1) is 0 Å². The molecule has 1 aliphatic heterocycles. The van der Waals surface area contributed by atoms with E-state index in [4.69, 9.17) is 17.0 Å². The zero-order valence-electron chi connectivity index (χ0n) is 13.9. The van der Waals surface area contributed by atoms with Crippen molar-refractivity contribution in [1.82, 2.24) is 9.21 Å². The van der Waals surface area contributed by atoms with Gasteiger partial charge in [-0.05, 0) is 24.7 Å². The summed E-state index contributed by atoms with van der Waals surface area (Å²) >= 11 is 6.89. The van der Waals surface area contributed by atoms with E-state index >= 15 is 0 Å². The van der Waals surface area contributed by atoms with Crippen molar-refractivity contribution in [2.24, 2.45) is 0 Å². The number of methoxy groups -OCH3 is 1. The third-order valence-electron chi connectivity index (χ3n) is 3.75. The lowest BCUT2D eigenvalue weighted by Gasteiger charge is -2.34. The fourth-order valence-corrected chi connectivity index (χ4v) is 4.53. The highest BCUT2D eigenvalue weighted by molar-refractivity contribution is 7.88. The number of thiophene rings is 1. The van der Waals surface area contributed by atoms with E-state index in [1.165, 1.54) is 29.0 Å². The average Bonchev–Trinajstić information content (AvgIpc) is 2.96. The van der Waals surface area contributed by atoms with Crippen LogP contribution in [-0.4, -0.2) is 68.2 Å². The highest BCUT2D eigenvalue weighted by Gasteiger charge is 2.25. The SMILES string of the molecule is CCc1cc(C(=O)OC)c(NC(=S)N2CCN(S(C)(=O)=O)CC2)s1. The first-order chi connectivity index (χ1) is 11.3. The molecule has 10 heteroatoms. The lowest BCUT2D eigenvalue weighted by atomic mass is 10.2. The quantitative estimate of drug-likeness (QED) is 0.613. The van der Waals surface area contributed by atoms with Gasteiger partial charge in [-0.3, -0.25) is 0 Å². The lowest BCUT2D eigenvalue weighted by Crippen LogP contribution is -2.51. The minimum absolute atomic E-state index is 0.398. The Balaban J connectivity index is 2.05. The second-order valence-corrected chi connectivity index (χ2v) is 8.89. The van der Waals surface area contributed by atoms with E-state index in [9.17, 15) is 13.2 Å². The van der Waals surface area contributed by atoms with Gasteiger partial charge >= 0.3 is 5.97 Å². The molecule has 24 heavy (non-hydrogen) atoms. The molecule has 0 aromatic carbocycles. The van der Waals surface area contributed by atoms with Crippen LogP contribution in [0.3, 0.4) is 0 Å². The Morgan fingerprint density at radius 2 is 2.00 bits per heavy atom. The maximum atomic E-state index is 11.9. The number of sulfonamides is 1. The van der Waals surface area contributed by atoms with Gasteiger partial charge in [0.15, 0.2) is 5.11 Å². The molecule has 7 nitrogen and oxygen atoms in total. The van der Waals surface area contributed by atoms with Crippen LogP contribution in [0.1, 0.15) is 22.2 Å². The van der Waals surface area contributed by atoms with Crippen molar-refractivity contribution >= 4 is 49.7 Å². The highest BCUT2D eigenvalue weighted by atomic mass is 32.2. The normalized spacial score (nSPS) is 16.0. The van der Waals surface area contributed by atoms with Gasteiger partial charge in [-0.25, -0.2) is 13.2 Å². The summed E-state index contributed by atoms with van der Waals surface area (Å²) in [5.41, 5.74) is 0.469. The maximum Gasteiger partial charge on any atom is 0.340 e. The number of carbonyl (C=O) groups excluding carboxylic acids is 1. The Bertz CT molecular complexity index is 722. The molecule has 2 heterocycles. The van der Waals surface area contributed by atoms with E-state index in [0.29, 0.717) is 41.9 Å². The number of aryl methyl sites for hydroxylation is 1. The summed E-state index contributed by atoms with van der Waals surface area (Å²) in [5.74, 6) is -0.404. The van der Waals surface area contributed by atoms with Crippen molar-refractivity contribution in [3.05, 3.63) is 16.5 Å². The molecule has 1 aliphatic rings. The van der Waals surface area contributed by atoms with E-state index in [0.717, 1.165) is 11.3 Å². The Hall–Kier alpha value is -1.23. The first kappa shape index (κ1) is 19.1. The zero-order valence-corrected chi connectivity index (χ0v) is 16.3. The largest absolute Gasteiger partial charge is 0.465 e. The standard InChI is InChI=1S/C14H21N3O4S3/c1-4-10-9-11(13(18)21-2)12(23-10)15-14(22)16-5-7-17(8-6-16)24(3,19)20/h9H,4-8H2,1-3H3,(H,15,22). The van der Waals surface area contributed by atoms with Crippen LogP contribution in [0.25, 0.3) is 0 Å². The molecule has 0 bridgehead atoms. The van der Waals surface area contributed by atoms with Crippen molar-refractivity contribution in [3.8, 4) is 0 Å². The number of carbonyl (C=O) groups is 1. The van der Waals surface area contributed by atoms with Crippen molar-refractivity contribution in [1.29, 1.82) is 0 Å². The van der Waals surface area contributed by atoms with E-state index in [2.05, 4.69) is 5.32 Å². The Morgan fingerprint density at radius 1 is 1.38 bits per heavy atom. The first-order valence-electron chi connectivity index (χ1n) is 7.48. The van der Waals surface area contributed by atoms with Gasteiger partial charge in [0.05, 0.1) is 18.9 Å². The third-order valence-corrected chi connectivity index (χ3v) is 6.61. The van der Waals surface area contributed by atoms with Gasteiger partial charge in [-0.1, -0.05) is 6.92 Å². The number of anilines is 1. The fourth-order valence-electron chi connectivity index (χ4n) is 2.37. The van der Waals surface area contributed by atoms with Gasteiger partial charge in [-0.15, -0.1) is 11.3 Å². The average molecular weight is 392 g/mol. The minimum Gasteiger partial charge on any atom is -0.465 e. The molecule has 1 fully saturated rings. The van der Waals surface area contributed by atoms with E-state index < -0.39 is 16.0 Å². The smallest absolute Gasteiger partial charge is 0.340 e. The van der Waals surface area contributed by atoms with E-state index in [1.54, 1.807) is 0 Å². The summed E-state index contributed by atoms with van der Waals surface area (Å²) in [6.07, 6.45) is 2.02. The van der Waals surface area contributed by atoms with Crippen LogP contribution < -0.4 is 5.32 Å². The van der Waals surface area contributed by atoms with Crippen LogP contribution in [0.15, 0.2) is 6.07 Å². The molecule has 134 valence electrons. The monoisotopic (exact) mass is 391 g/mol. The van der Waals surface area contributed by atoms with Crippen LogP contribution in [0.4, 0.5) is 5.00 Å². The van der Waals surface area contributed by atoms with Gasteiger partial charge in [-0.2, -0.15) is 4.31 Å². The second kappa shape index (κ2) is 7.77. The number of rotatable bonds is 4. The number of piperazine rings is 1. The first-order valence-corrected chi connectivity index (χ1v) is 10.6. The van der Waals surface area contributed by atoms with Crippen molar-refractivity contribution in [2.45, 2.75) is 13.3 Å². The number of hydrogen-bond donors (Lipinski definition) is 1. The maximum absolute atomic E-state index is 11.9. The lowest BCUT2D eigenvalue weighted by molar-refractivity contribution is 0.0602. The second-order valence-electron chi connectivity index (χ2n) is 5.38. The van der Waals surface area contributed by atoms with Gasteiger partial charge in [0, 0.05) is 31.1 Å². The Labute approximate surface area is 151 Å². The fraction of sp³-hybridized carbons (Fsp3) is 0.571. The van der Waals surface area contributed by atoms with Crippen LogP contribution in [0.2, 0.25) is 0 Å². The molecule has 0 radical (unpaired) electrons. The molecule has 1 aromatic heterocycles. The van der Waals surface area contributed by atoms with Crippen molar-refractivity contribution in [3.63, 3.8) is 0 Å². The molecule has 0 amide bonds.